The van der Waals surface area contributed by atoms with E-state index in [2.05, 4.69) is 4.98 Å². The van der Waals surface area contributed by atoms with Crippen LogP contribution in [0.1, 0.15) is 28.4 Å². The zero-order chi connectivity index (χ0) is 22.9. The average Bonchev–Trinajstić information content (AvgIpc) is 3.22. The van der Waals surface area contributed by atoms with Crippen LogP contribution in [0.3, 0.4) is 0 Å². The zero-order valence-corrected chi connectivity index (χ0v) is 18.2. The number of nitrogens with zero attached hydrogens (tertiary/aromatic N) is 2. The normalized spacial score (nSPS) is 15.3. The first-order valence-corrected chi connectivity index (χ1v) is 10.8. The zero-order valence-electron chi connectivity index (χ0n) is 18.2. The molecule has 7 heteroatoms. The van der Waals surface area contributed by atoms with Gasteiger partial charge in [-0.2, -0.15) is 0 Å². The van der Waals surface area contributed by atoms with Crippen LogP contribution in [0.4, 0.5) is 5.69 Å². The van der Waals surface area contributed by atoms with E-state index in [4.69, 9.17) is 4.74 Å². The summed E-state index contributed by atoms with van der Waals surface area (Å²) in [4.78, 5) is 29.6. The Morgan fingerprint density at radius 2 is 1.88 bits per heavy atom. The number of hydrogen-bond donors (Lipinski definition) is 1. The summed E-state index contributed by atoms with van der Waals surface area (Å²) in [5.74, 6) is 0.796. The van der Waals surface area contributed by atoms with Crippen LogP contribution >= 0.6 is 0 Å². The van der Waals surface area contributed by atoms with Crippen LogP contribution in [0.15, 0.2) is 72.8 Å². The number of H-pyrrole nitrogens is 1. The summed E-state index contributed by atoms with van der Waals surface area (Å²) in [7, 11) is 1.64. The van der Waals surface area contributed by atoms with Crippen molar-refractivity contribution in [3.05, 3.63) is 105 Å². The summed E-state index contributed by atoms with van der Waals surface area (Å²) in [6.45, 7) is 0.560. The van der Waals surface area contributed by atoms with Crippen molar-refractivity contribution < 1.29 is 14.5 Å². The Balaban J connectivity index is 1.59. The molecule has 1 N–H and O–H groups in total. The first-order valence-electron chi connectivity index (χ1n) is 10.8. The second-order valence-corrected chi connectivity index (χ2v) is 8.18. The van der Waals surface area contributed by atoms with Gasteiger partial charge in [-0.05, 0) is 53.4 Å². The Hall–Kier alpha value is -4.13. The number of hydrogen-bond acceptors (Lipinski definition) is 4. The van der Waals surface area contributed by atoms with E-state index in [1.165, 1.54) is 12.1 Å². The van der Waals surface area contributed by atoms with E-state index in [0.29, 0.717) is 19.4 Å². The first-order chi connectivity index (χ1) is 16.0. The fourth-order valence-corrected chi connectivity index (χ4v) is 4.66. The highest BCUT2D eigenvalue weighted by Crippen LogP contribution is 2.40. The molecule has 0 spiro atoms. The van der Waals surface area contributed by atoms with Crippen LogP contribution in [0, 0.1) is 10.1 Å². The van der Waals surface area contributed by atoms with Gasteiger partial charge in [0, 0.05) is 35.3 Å². The summed E-state index contributed by atoms with van der Waals surface area (Å²) in [6.07, 6.45) is 1.01. The SMILES string of the molecule is COc1ccc2[nH]c3c(c2c1)CCN(C(=O)Cc1ccccc1)[C@H]3c1ccc([N+](=O)[O-])cc1. The molecular formula is C26H23N3O4. The molecule has 5 rings (SSSR count). The number of nitrogens with one attached hydrogen (secondary N) is 1. The maximum atomic E-state index is 13.4. The summed E-state index contributed by atoms with van der Waals surface area (Å²) in [6, 6.07) is 21.7. The van der Waals surface area contributed by atoms with Crippen LogP contribution in [-0.2, 0) is 17.6 Å². The molecule has 1 aliphatic rings. The maximum absolute atomic E-state index is 13.4. The van der Waals surface area contributed by atoms with Crippen molar-refractivity contribution >= 4 is 22.5 Å². The molecule has 0 saturated heterocycles. The van der Waals surface area contributed by atoms with Crippen LogP contribution in [0.5, 0.6) is 5.75 Å². The molecule has 0 radical (unpaired) electrons. The lowest BCUT2D eigenvalue weighted by Crippen LogP contribution is -2.41. The monoisotopic (exact) mass is 441 g/mol. The Morgan fingerprint density at radius 1 is 1.12 bits per heavy atom. The number of rotatable bonds is 5. The number of ether oxygens (including phenoxy) is 1. The van der Waals surface area contributed by atoms with Gasteiger partial charge >= 0.3 is 0 Å². The molecule has 0 aliphatic carbocycles. The number of nitro benzene ring substituents is 1. The molecule has 33 heavy (non-hydrogen) atoms. The smallest absolute Gasteiger partial charge is 0.269 e. The molecule has 0 saturated carbocycles. The van der Waals surface area contributed by atoms with E-state index >= 15 is 0 Å². The van der Waals surface area contributed by atoms with Gasteiger partial charge in [-0.15, -0.1) is 0 Å². The van der Waals surface area contributed by atoms with Crippen LogP contribution in [0.2, 0.25) is 0 Å². The molecule has 0 unspecified atom stereocenters. The van der Waals surface area contributed by atoms with E-state index in [-0.39, 0.29) is 17.6 Å². The third-order valence-corrected chi connectivity index (χ3v) is 6.27. The lowest BCUT2D eigenvalue weighted by atomic mass is 9.91. The number of nitro groups is 1. The van der Waals surface area contributed by atoms with Gasteiger partial charge in [-0.1, -0.05) is 30.3 Å². The summed E-state index contributed by atoms with van der Waals surface area (Å²) >= 11 is 0. The molecule has 0 fully saturated rings. The average molecular weight is 441 g/mol. The molecule has 4 aromatic rings. The lowest BCUT2D eigenvalue weighted by Gasteiger charge is -2.36. The molecule has 166 valence electrons. The molecule has 3 aromatic carbocycles. The minimum atomic E-state index is -0.413. The van der Waals surface area contributed by atoms with Crippen molar-refractivity contribution in [3.8, 4) is 5.75 Å². The van der Waals surface area contributed by atoms with Gasteiger partial charge < -0.3 is 14.6 Å². The van der Waals surface area contributed by atoms with Crippen molar-refractivity contribution in [3.63, 3.8) is 0 Å². The van der Waals surface area contributed by atoms with Gasteiger partial charge in [0.25, 0.3) is 5.69 Å². The van der Waals surface area contributed by atoms with Gasteiger partial charge in [0.15, 0.2) is 0 Å². The van der Waals surface area contributed by atoms with Gasteiger partial charge in [-0.25, -0.2) is 0 Å². The third-order valence-electron chi connectivity index (χ3n) is 6.27. The highest BCUT2D eigenvalue weighted by atomic mass is 16.6. The van der Waals surface area contributed by atoms with E-state index in [1.807, 2.05) is 53.4 Å². The molecule has 2 heterocycles. The number of benzene rings is 3. The lowest BCUT2D eigenvalue weighted by molar-refractivity contribution is -0.384. The number of aromatic amines is 1. The molecular weight excluding hydrogens is 418 g/mol. The highest BCUT2D eigenvalue weighted by molar-refractivity contribution is 5.88. The number of carbonyl (C=O) groups is 1. The van der Waals surface area contributed by atoms with Gasteiger partial charge in [0.1, 0.15) is 5.75 Å². The number of methoxy groups -OCH3 is 1. The molecule has 0 bridgehead atoms. The van der Waals surface area contributed by atoms with Crippen molar-refractivity contribution in [2.24, 2.45) is 0 Å². The fourth-order valence-electron chi connectivity index (χ4n) is 4.66. The Labute approximate surface area is 190 Å². The van der Waals surface area contributed by atoms with E-state index in [9.17, 15) is 14.9 Å². The van der Waals surface area contributed by atoms with E-state index in [1.54, 1.807) is 19.2 Å². The third kappa shape index (κ3) is 3.82. The largest absolute Gasteiger partial charge is 0.497 e. The maximum Gasteiger partial charge on any atom is 0.269 e. The number of carbonyl (C=O) groups excluding carboxylic acids is 1. The second kappa shape index (κ2) is 8.43. The minimum absolute atomic E-state index is 0.0199. The van der Waals surface area contributed by atoms with E-state index in [0.717, 1.165) is 39.0 Å². The molecule has 1 amide bonds. The van der Waals surface area contributed by atoms with Crippen LogP contribution < -0.4 is 4.74 Å². The standard InChI is InChI=1S/C26H23N3O4/c1-33-20-11-12-23-22(16-20)21-13-14-28(24(30)15-17-5-3-2-4-6-17)26(25(21)27-23)18-7-9-19(10-8-18)29(31)32/h2-12,16,26-27H,13-15H2,1H3/t26-/m0/s1. The fraction of sp³-hybridized carbons (Fsp3) is 0.192. The summed E-state index contributed by atoms with van der Waals surface area (Å²) in [5.41, 5.74) is 4.89. The minimum Gasteiger partial charge on any atom is -0.497 e. The number of fused-ring (bicyclic) bond motifs is 3. The van der Waals surface area contributed by atoms with Gasteiger partial charge in [0.05, 0.1) is 24.5 Å². The summed E-state index contributed by atoms with van der Waals surface area (Å²) in [5, 5.41) is 12.2. The highest BCUT2D eigenvalue weighted by Gasteiger charge is 2.34. The number of non-ortho nitro benzene ring substituents is 1. The Morgan fingerprint density at radius 3 is 2.58 bits per heavy atom. The molecule has 7 nitrogen and oxygen atoms in total. The molecule has 1 aliphatic heterocycles. The molecule has 1 atom stereocenters. The predicted octanol–water partition coefficient (Wildman–Crippen LogP) is 4.80. The Bertz CT molecular complexity index is 1330. The topological polar surface area (TPSA) is 88.5 Å². The quantitative estimate of drug-likeness (QED) is 0.356. The van der Waals surface area contributed by atoms with Crippen LogP contribution in [0.25, 0.3) is 10.9 Å². The van der Waals surface area contributed by atoms with Crippen molar-refractivity contribution in [1.29, 1.82) is 0 Å². The van der Waals surface area contributed by atoms with Gasteiger partial charge in [-0.3, -0.25) is 14.9 Å². The number of aromatic nitrogens is 1. The van der Waals surface area contributed by atoms with Crippen molar-refractivity contribution in [2.75, 3.05) is 13.7 Å². The summed E-state index contributed by atoms with van der Waals surface area (Å²) < 4.78 is 5.41. The second-order valence-electron chi connectivity index (χ2n) is 8.18. The van der Waals surface area contributed by atoms with E-state index < -0.39 is 4.92 Å². The van der Waals surface area contributed by atoms with Gasteiger partial charge in [0.2, 0.25) is 5.91 Å². The molecule has 1 aromatic heterocycles. The number of amides is 1. The van der Waals surface area contributed by atoms with Crippen molar-refractivity contribution in [1.82, 2.24) is 9.88 Å². The first kappa shape index (κ1) is 20.8. The Kier molecular flexibility index (Phi) is 5.30. The van der Waals surface area contributed by atoms with Crippen LogP contribution in [-0.4, -0.2) is 34.4 Å². The predicted molar refractivity (Wildman–Crippen MR) is 125 cm³/mol. The van der Waals surface area contributed by atoms with Crippen molar-refractivity contribution in [2.45, 2.75) is 18.9 Å².